The van der Waals surface area contributed by atoms with Crippen LogP contribution in [-0.4, -0.2) is 30.2 Å². The van der Waals surface area contributed by atoms with Crippen LogP contribution in [0.15, 0.2) is 18.2 Å². The van der Waals surface area contributed by atoms with Gasteiger partial charge in [-0.15, -0.1) is 0 Å². The first-order valence-corrected chi connectivity index (χ1v) is 5.80. The standard InChI is InChI=1S/C13H16FNO4/c1-8(19-2)6-7-11(16)15-10-5-3-4-9(14)12(10)13(17)18/h3-5,8H,6-7H2,1-2H3,(H,15,16)(H,17,18). The van der Waals surface area contributed by atoms with Crippen molar-refractivity contribution in [2.24, 2.45) is 0 Å². The van der Waals surface area contributed by atoms with Crippen molar-refractivity contribution >= 4 is 17.6 Å². The maximum atomic E-state index is 13.4. The number of hydrogen-bond donors (Lipinski definition) is 2. The molecule has 1 amide bonds. The number of hydrogen-bond acceptors (Lipinski definition) is 3. The SMILES string of the molecule is COC(C)CCC(=O)Nc1cccc(F)c1C(=O)O. The molecule has 0 saturated carbocycles. The molecule has 1 atom stereocenters. The zero-order chi connectivity index (χ0) is 14.4. The minimum atomic E-state index is -1.42. The smallest absolute Gasteiger partial charge is 0.340 e. The normalized spacial score (nSPS) is 11.9. The molecule has 0 saturated heterocycles. The van der Waals surface area contributed by atoms with E-state index in [1.165, 1.54) is 19.2 Å². The zero-order valence-corrected chi connectivity index (χ0v) is 10.8. The Morgan fingerprint density at radius 1 is 1.47 bits per heavy atom. The molecule has 0 aromatic heterocycles. The third-order valence-electron chi connectivity index (χ3n) is 2.68. The maximum absolute atomic E-state index is 13.4. The van der Waals surface area contributed by atoms with Crippen molar-refractivity contribution in [1.82, 2.24) is 0 Å². The van der Waals surface area contributed by atoms with Crippen LogP contribution in [0.4, 0.5) is 10.1 Å². The highest BCUT2D eigenvalue weighted by atomic mass is 19.1. The molecule has 0 heterocycles. The number of carbonyl (C=O) groups excluding carboxylic acids is 1. The topological polar surface area (TPSA) is 75.6 Å². The largest absolute Gasteiger partial charge is 0.478 e. The number of methoxy groups -OCH3 is 1. The summed E-state index contributed by atoms with van der Waals surface area (Å²) in [4.78, 5) is 22.6. The van der Waals surface area contributed by atoms with Crippen LogP contribution in [-0.2, 0) is 9.53 Å². The number of carboxylic acid groups (broad SMARTS) is 1. The lowest BCUT2D eigenvalue weighted by molar-refractivity contribution is -0.116. The minimum Gasteiger partial charge on any atom is -0.478 e. The van der Waals surface area contributed by atoms with Gasteiger partial charge in [0.25, 0.3) is 0 Å². The van der Waals surface area contributed by atoms with Crippen molar-refractivity contribution in [3.05, 3.63) is 29.6 Å². The Hall–Kier alpha value is -1.95. The number of anilines is 1. The highest BCUT2D eigenvalue weighted by Gasteiger charge is 2.17. The molecule has 6 heteroatoms. The highest BCUT2D eigenvalue weighted by molar-refractivity contribution is 6.00. The Balaban J connectivity index is 2.74. The van der Waals surface area contributed by atoms with Gasteiger partial charge in [-0.05, 0) is 25.5 Å². The lowest BCUT2D eigenvalue weighted by atomic mass is 10.1. The van der Waals surface area contributed by atoms with Gasteiger partial charge in [0.2, 0.25) is 5.91 Å². The number of aromatic carboxylic acids is 1. The van der Waals surface area contributed by atoms with Crippen LogP contribution in [0.2, 0.25) is 0 Å². The van der Waals surface area contributed by atoms with E-state index in [1.807, 2.05) is 6.92 Å². The Kier molecular flexibility index (Phi) is 5.44. The van der Waals surface area contributed by atoms with Crippen molar-refractivity contribution in [3.63, 3.8) is 0 Å². The first-order chi connectivity index (χ1) is 8.95. The summed E-state index contributed by atoms with van der Waals surface area (Å²) in [6.07, 6.45) is 0.599. The fourth-order valence-electron chi connectivity index (χ4n) is 1.51. The predicted octanol–water partition coefficient (Wildman–Crippen LogP) is 2.28. The molecule has 1 unspecified atom stereocenters. The summed E-state index contributed by atoms with van der Waals surface area (Å²) in [6.45, 7) is 1.82. The average molecular weight is 269 g/mol. The van der Waals surface area contributed by atoms with E-state index in [1.54, 1.807) is 0 Å². The van der Waals surface area contributed by atoms with Crippen LogP contribution < -0.4 is 5.32 Å². The third-order valence-corrected chi connectivity index (χ3v) is 2.68. The van der Waals surface area contributed by atoms with Crippen molar-refractivity contribution < 1.29 is 23.8 Å². The molecule has 0 radical (unpaired) electrons. The van der Waals surface area contributed by atoms with Crippen LogP contribution >= 0.6 is 0 Å². The number of halogens is 1. The fraction of sp³-hybridized carbons (Fsp3) is 0.385. The third kappa shape index (κ3) is 4.33. The van der Waals surface area contributed by atoms with Gasteiger partial charge in [0.15, 0.2) is 0 Å². The van der Waals surface area contributed by atoms with Crippen LogP contribution in [0.1, 0.15) is 30.1 Å². The summed E-state index contributed by atoms with van der Waals surface area (Å²) in [6, 6.07) is 3.73. The molecule has 0 aliphatic rings. The number of nitrogens with one attached hydrogen (secondary N) is 1. The Morgan fingerprint density at radius 3 is 2.74 bits per heavy atom. The molecule has 5 nitrogen and oxygen atoms in total. The van der Waals surface area contributed by atoms with E-state index < -0.39 is 17.3 Å². The van der Waals surface area contributed by atoms with E-state index >= 15 is 0 Å². The molecule has 2 N–H and O–H groups in total. The summed E-state index contributed by atoms with van der Waals surface area (Å²) in [5.74, 6) is -2.67. The van der Waals surface area contributed by atoms with Crippen molar-refractivity contribution in [2.45, 2.75) is 25.9 Å². The zero-order valence-electron chi connectivity index (χ0n) is 10.8. The predicted molar refractivity (Wildman–Crippen MR) is 67.7 cm³/mol. The van der Waals surface area contributed by atoms with E-state index in [9.17, 15) is 14.0 Å². The van der Waals surface area contributed by atoms with Gasteiger partial charge in [0.1, 0.15) is 11.4 Å². The maximum Gasteiger partial charge on any atom is 0.340 e. The lowest BCUT2D eigenvalue weighted by Gasteiger charge is -2.11. The van der Waals surface area contributed by atoms with E-state index in [0.717, 1.165) is 6.07 Å². The number of rotatable bonds is 6. The quantitative estimate of drug-likeness (QED) is 0.830. The molecule has 1 rings (SSSR count). The van der Waals surface area contributed by atoms with Crippen LogP contribution in [0.5, 0.6) is 0 Å². The van der Waals surface area contributed by atoms with Gasteiger partial charge < -0.3 is 15.2 Å². The van der Waals surface area contributed by atoms with Gasteiger partial charge in [0, 0.05) is 13.5 Å². The molecule has 104 valence electrons. The molecule has 1 aromatic rings. The van der Waals surface area contributed by atoms with Gasteiger partial charge >= 0.3 is 5.97 Å². The number of amides is 1. The molecule has 0 aliphatic heterocycles. The van der Waals surface area contributed by atoms with Gasteiger partial charge in [0.05, 0.1) is 11.8 Å². The average Bonchev–Trinajstić information content (AvgIpc) is 2.35. The summed E-state index contributed by atoms with van der Waals surface area (Å²) in [7, 11) is 1.54. The van der Waals surface area contributed by atoms with Gasteiger partial charge in [-0.25, -0.2) is 9.18 Å². The fourth-order valence-corrected chi connectivity index (χ4v) is 1.51. The summed E-state index contributed by atoms with van der Waals surface area (Å²) in [5.41, 5.74) is -0.571. The van der Waals surface area contributed by atoms with Crippen molar-refractivity contribution in [3.8, 4) is 0 Å². The van der Waals surface area contributed by atoms with Crippen molar-refractivity contribution in [2.75, 3.05) is 12.4 Å². The van der Waals surface area contributed by atoms with Crippen LogP contribution in [0.3, 0.4) is 0 Å². The first-order valence-electron chi connectivity index (χ1n) is 5.80. The molecular weight excluding hydrogens is 253 g/mol. The molecule has 1 aromatic carbocycles. The second-order valence-corrected chi connectivity index (χ2v) is 4.10. The second kappa shape index (κ2) is 6.84. The second-order valence-electron chi connectivity index (χ2n) is 4.10. The monoisotopic (exact) mass is 269 g/mol. The molecule has 0 fully saturated rings. The van der Waals surface area contributed by atoms with Crippen LogP contribution in [0, 0.1) is 5.82 Å². The van der Waals surface area contributed by atoms with Crippen LogP contribution in [0.25, 0.3) is 0 Å². The molecule has 0 bridgehead atoms. The summed E-state index contributed by atoms with van der Waals surface area (Å²) < 4.78 is 18.4. The van der Waals surface area contributed by atoms with E-state index in [0.29, 0.717) is 6.42 Å². The summed E-state index contributed by atoms with van der Waals surface area (Å²) in [5, 5.41) is 11.3. The Morgan fingerprint density at radius 2 is 2.16 bits per heavy atom. The molecule has 19 heavy (non-hydrogen) atoms. The number of benzene rings is 1. The van der Waals surface area contributed by atoms with Gasteiger partial charge in [-0.1, -0.05) is 6.07 Å². The number of carbonyl (C=O) groups is 2. The minimum absolute atomic E-state index is 0.0393. The van der Waals surface area contributed by atoms with Crippen molar-refractivity contribution in [1.29, 1.82) is 0 Å². The molecular formula is C13H16FNO4. The molecule has 0 spiro atoms. The van der Waals surface area contributed by atoms with Gasteiger partial charge in [-0.2, -0.15) is 0 Å². The Labute approximate surface area is 110 Å². The molecule has 0 aliphatic carbocycles. The first kappa shape index (κ1) is 15.1. The van der Waals surface area contributed by atoms with E-state index in [4.69, 9.17) is 9.84 Å². The lowest BCUT2D eigenvalue weighted by Crippen LogP contribution is -2.17. The number of ether oxygens (including phenoxy) is 1. The number of carboxylic acids is 1. The van der Waals surface area contributed by atoms with Gasteiger partial charge in [-0.3, -0.25) is 4.79 Å². The van der Waals surface area contributed by atoms with E-state index in [-0.39, 0.29) is 24.1 Å². The highest BCUT2D eigenvalue weighted by Crippen LogP contribution is 2.19. The summed E-state index contributed by atoms with van der Waals surface area (Å²) >= 11 is 0. The van der Waals surface area contributed by atoms with E-state index in [2.05, 4.69) is 5.32 Å². The Bertz CT molecular complexity index is 476.